The van der Waals surface area contributed by atoms with Crippen molar-refractivity contribution in [3.05, 3.63) is 42.2 Å². The summed E-state index contributed by atoms with van der Waals surface area (Å²) in [5.41, 5.74) is 15.2. The Balaban J connectivity index is 2.34. The van der Waals surface area contributed by atoms with Crippen LogP contribution in [0, 0.1) is 0 Å². The molecule has 0 aliphatic heterocycles. The van der Waals surface area contributed by atoms with E-state index in [0.29, 0.717) is 17.9 Å². The van der Waals surface area contributed by atoms with Gasteiger partial charge in [0.05, 0.1) is 23.8 Å². The van der Waals surface area contributed by atoms with Gasteiger partial charge in [0.15, 0.2) is 0 Å². The molecular formula is C11H14N6O. The van der Waals surface area contributed by atoms with Gasteiger partial charge in [-0.1, -0.05) is 12.1 Å². The molecule has 0 atom stereocenters. The highest BCUT2D eigenvalue weighted by Gasteiger charge is 2.03. The molecule has 0 radical (unpaired) electrons. The van der Waals surface area contributed by atoms with Crippen LogP contribution in [-0.2, 0) is 6.54 Å². The lowest BCUT2D eigenvalue weighted by Gasteiger charge is -2.04. The Morgan fingerprint density at radius 3 is 2.94 bits per heavy atom. The molecule has 6 N–H and O–H groups in total. The van der Waals surface area contributed by atoms with Crippen molar-refractivity contribution in [2.75, 3.05) is 5.73 Å². The molecule has 0 unspecified atom stereocenters. The number of rotatable bonds is 2. The molecule has 2 rings (SSSR count). The minimum atomic E-state index is 0.154. The largest absolute Gasteiger partial charge is 0.396 e. The van der Waals surface area contributed by atoms with Crippen LogP contribution in [0.5, 0.6) is 0 Å². The first-order valence-electron chi connectivity index (χ1n) is 5.31. The van der Waals surface area contributed by atoms with Crippen LogP contribution < -0.4 is 16.9 Å². The lowest BCUT2D eigenvalue weighted by Crippen LogP contribution is -2.27. The monoisotopic (exact) mass is 246 g/mol. The fourth-order valence-corrected chi connectivity index (χ4v) is 1.46. The second-order valence-corrected chi connectivity index (χ2v) is 3.64. The lowest BCUT2D eigenvalue weighted by atomic mass is 10.2. The number of anilines is 1. The van der Waals surface area contributed by atoms with E-state index in [4.69, 9.17) is 16.7 Å². The number of hydrogen-bond donors (Lipinski definition) is 4. The predicted molar refractivity (Wildman–Crippen MR) is 68.4 cm³/mol. The third-order valence-electron chi connectivity index (χ3n) is 2.30. The van der Waals surface area contributed by atoms with E-state index in [1.165, 1.54) is 17.1 Å². The molecule has 0 spiro atoms. The number of hydrogen-bond acceptors (Lipinski definition) is 5. The minimum Gasteiger partial charge on any atom is -0.396 e. The first-order chi connectivity index (χ1) is 8.72. The first kappa shape index (κ1) is 12.1. The summed E-state index contributed by atoms with van der Waals surface area (Å²) < 4.78 is 1.34. The van der Waals surface area contributed by atoms with Crippen LogP contribution in [-0.4, -0.2) is 20.9 Å². The fourth-order valence-electron chi connectivity index (χ4n) is 1.46. The number of nitrogen functional groups attached to an aromatic ring is 1. The normalized spacial score (nSPS) is 11.6. The molecule has 2 aromatic rings. The molecule has 1 aromatic heterocycles. The number of hydroxylamine groups is 1. The van der Waals surface area contributed by atoms with Crippen LogP contribution in [0.25, 0.3) is 0 Å². The van der Waals surface area contributed by atoms with Gasteiger partial charge in [-0.2, -0.15) is 5.10 Å². The Hall–Kier alpha value is -2.38. The van der Waals surface area contributed by atoms with Crippen LogP contribution >= 0.6 is 0 Å². The van der Waals surface area contributed by atoms with Crippen LogP contribution in [0.3, 0.4) is 0 Å². The zero-order valence-corrected chi connectivity index (χ0v) is 9.61. The molecule has 94 valence electrons. The van der Waals surface area contributed by atoms with E-state index in [9.17, 15) is 0 Å². The number of benzene rings is 1. The average molecular weight is 246 g/mol. The van der Waals surface area contributed by atoms with E-state index in [1.807, 2.05) is 23.7 Å². The maximum atomic E-state index is 9.07. The van der Waals surface area contributed by atoms with Gasteiger partial charge in [0.1, 0.15) is 0 Å². The molecule has 1 heterocycles. The second-order valence-electron chi connectivity index (χ2n) is 3.64. The summed E-state index contributed by atoms with van der Waals surface area (Å²) in [6, 6.07) is 7.36. The highest BCUT2D eigenvalue weighted by Crippen LogP contribution is 2.14. The molecule has 0 fully saturated rings. The Labute approximate surface area is 104 Å². The number of nitrogens with zero attached hydrogens (tertiary/aromatic N) is 3. The number of nitrogens with two attached hydrogens (primary N) is 2. The van der Waals surface area contributed by atoms with E-state index in [0.717, 1.165) is 5.56 Å². The number of aliphatic imine (C=N–C) groups is 1. The molecule has 0 aliphatic rings. The van der Waals surface area contributed by atoms with Crippen molar-refractivity contribution in [3.63, 3.8) is 0 Å². The Morgan fingerprint density at radius 1 is 1.50 bits per heavy atom. The van der Waals surface area contributed by atoms with Gasteiger partial charge in [-0.3, -0.25) is 5.21 Å². The van der Waals surface area contributed by atoms with Crippen LogP contribution in [0.15, 0.2) is 41.7 Å². The quantitative estimate of drug-likeness (QED) is 0.348. The van der Waals surface area contributed by atoms with Crippen molar-refractivity contribution in [1.82, 2.24) is 15.3 Å². The van der Waals surface area contributed by atoms with Crippen molar-refractivity contribution in [2.24, 2.45) is 10.7 Å². The van der Waals surface area contributed by atoms with Gasteiger partial charge >= 0.3 is 0 Å². The van der Waals surface area contributed by atoms with E-state index < -0.39 is 0 Å². The van der Waals surface area contributed by atoms with Crippen molar-refractivity contribution in [1.29, 1.82) is 0 Å². The zero-order chi connectivity index (χ0) is 13.0. The third-order valence-corrected chi connectivity index (χ3v) is 2.30. The van der Waals surface area contributed by atoms with Crippen molar-refractivity contribution < 1.29 is 5.21 Å². The molecular weight excluding hydrogens is 232 g/mol. The first-order valence-corrected chi connectivity index (χ1v) is 5.31. The molecule has 7 heteroatoms. The van der Waals surface area contributed by atoms with E-state index in [2.05, 4.69) is 10.1 Å². The Bertz CT molecular complexity index is 562. The summed E-state index contributed by atoms with van der Waals surface area (Å²) in [4.78, 5) is 4.21. The standard InChI is InChI=1S/C11H14N6O/c12-5-8-2-1-3-10(4-8)15-11(16-18)17-7-9(13)6-14-17/h1-4,6-7,18H,5,12-13H2,(H,15,16). The minimum absolute atomic E-state index is 0.154. The molecule has 0 saturated heterocycles. The summed E-state index contributed by atoms with van der Waals surface area (Å²) in [5.74, 6) is 0.154. The zero-order valence-electron chi connectivity index (χ0n) is 9.61. The highest BCUT2D eigenvalue weighted by atomic mass is 16.5. The average Bonchev–Trinajstić information content (AvgIpc) is 2.82. The molecule has 0 amide bonds. The summed E-state index contributed by atoms with van der Waals surface area (Å²) in [7, 11) is 0. The molecule has 1 aromatic carbocycles. The maximum Gasteiger partial charge on any atom is 0.248 e. The number of nitrogens with one attached hydrogen (secondary N) is 1. The van der Waals surface area contributed by atoms with Gasteiger partial charge in [0.25, 0.3) is 0 Å². The van der Waals surface area contributed by atoms with Crippen LogP contribution in [0.2, 0.25) is 0 Å². The van der Waals surface area contributed by atoms with E-state index >= 15 is 0 Å². The fraction of sp³-hybridized carbons (Fsp3) is 0.0909. The smallest absolute Gasteiger partial charge is 0.248 e. The third kappa shape index (κ3) is 2.65. The summed E-state index contributed by atoms with van der Waals surface area (Å²) in [6.07, 6.45) is 3.00. The molecule has 18 heavy (non-hydrogen) atoms. The van der Waals surface area contributed by atoms with Gasteiger partial charge in [-0.15, -0.1) is 0 Å². The van der Waals surface area contributed by atoms with Gasteiger partial charge in [-0.05, 0) is 17.7 Å². The summed E-state index contributed by atoms with van der Waals surface area (Å²) >= 11 is 0. The Kier molecular flexibility index (Phi) is 3.56. The number of aromatic nitrogens is 2. The molecule has 0 bridgehead atoms. The van der Waals surface area contributed by atoms with Crippen LogP contribution in [0.4, 0.5) is 11.4 Å². The van der Waals surface area contributed by atoms with Crippen molar-refractivity contribution in [3.8, 4) is 0 Å². The lowest BCUT2D eigenvalue weighted by molar-refractivity contribution is 0.229. The molecule has 0 saturated carbocycles. The van der Waals surface area contributed by atoms with Crippen LogP contribution in [0.1, 0.15) is 5.56 Å². The Morgan fingerprint density at radius 2 is 2.33 bits per heavy atom. The maximum absolute atomic E-state index is 9.07. The van der Waals surface area contributed by atoms with E-state index in [1.54, 1.807) is 6.07 Å². The molecule has 7 nitrogen and oxygen atoms in total. The second kappa shape index (κ2) is 5.30. The summed E-state index contributed by atoms with van der Waals surface area (Å²) in [5, 5.41) is 13.0. The van der Waals surface area contributed by atoms with Gasteiger partial charge < -0.3 is 11.5 Å². The molecule has 0 aliphatic carbocycles. The van der Waals surface area contributed by atoms with Crippen molar-refractivity contribution >= 4 is 17.3 Å². The highest BCUT2D eigenvalue weighted by molar-refractivity contribution is 5.83. The SMILES string of the molecule is NCc1cccc(N=C(NO)n2cc(N)cn2)c1. The van der Waals surface area contributed by atoms with E-state index in [-0.39, 0.29) is 5.96 Å². The predicted octanol–water partition coefficient (Wildman–Crippen LogP) is 0.439. The van der Waals surface area contributed by atoms with Gasteiger partial charge in [0.2, 0.25) is 5.96 Å². The van der Waals surface area contributed by atoms with Crippen molar-refractivity contribution in [2.45, 2.75) is 6.54 Å². The summed E-state index contributed by atoms with van der Waals surface area (Å²) in [6.45, 7) is 0.431. The topological polar surface area (TPSA) is 114 Å². The van der Waals surface area contributed by atoms with Gasteiger partial charge in [0, 0.05) is 6.54 Å². The van der Waals surface area contributed by atoms with Gasteiger partial charge in [-0.25, -0.2) is 15.2 Å².